The fraction of sp³-hybridized carbons (Fsp3) is 0.500. The second-order valence-electron chi connectivity index (χ2n) is 5.44. The molecule has 1 unspecified atom stereocenters. The summed E-state index contributed by atoms with van der Waals surface area (Å²) in [6.07, 6.45) is 2.25. The largest absolute Gasteiger partial charge is 0.398 e. The van der Waals surface area contributed by atoms with Crippen molar-refractivity contribution in [2.24, 2.45) is 5.92 Å². The highest BCUT2D eigenvalue weighted by Gasteiger charge is 2.19. The van der Waals surface area contributed by atoms with Gasteiger partial charge in [0, 0.05) is 28.2 Å². The summed E-state index contributed by atoms with van der Waals surface area (Å²) in [5.41, 5.74) is 8.72. The molecule has 1 fully saturated rings. The number of nitrogen functional groups attached to an aromatic ring is 1. The van der Waals surface area contributed by atoms with Gasteiger partial charge in [-0.25, -0.2) is 4.68 Å². The van der Waals surface area contributed by atoms with E-state index in [-0.39, 0.29) is 0 Å². The zero-order valence-corrected chi connectivity index (χ0v) is 13.5. The Morgan fingerprint density at radius 3 is 3.10 bits per heavy atom. The van der Waals surface area contributed by atoms with Gasteiger partial charge < -0.3 is 10.5 Å². The molecule has 0 spiro atoms. The van der Waals surface area contributed by atoms with E-state index in [2.05, 4.69) is 31.5 Å². The Labute approximate surface area is 131 Å². The van der Waals surface area contributed by atoms with Crippen LogP contribution in [-0.2, 0) is 11.3 Å². The third-order valence-electron chi connectivity index (χ3n) is 3.87. The van der Waals surface area contributed by atoms with Crippen molar-refractivity contribution in [3.63, 3.8) is 0 Å². The van der Waals surface area contributed by atoms with Crippen LogP contribution < -0.4 is 5.73 Å². The number of benzene rings is 1. The number of rotatable bonds is 3. The summed E-state index contributed by atoms with van der Waals surface area (Å²) in [4.78, 5) is 0. The first-order chi connectivity index (χ1) is 10.1. The van der Waals surface area contributed by atoms with Crippen molar-refractivity contribution in [3.8, 4) is 11.4 Å². The first-order valence-corrected chi connectivity index (χ1v) is 7.84. The van der Waals surface area contributed by atoms with E-state index >= 15 is 0 Å². The minimum Gasteiger partial charge on any atom is -0.398 e. The van der Waals surface area contributed by atoms with E-state index in [9.17, 15) is 0 Å². The highest BCUT2D eigenvalue weighted by Crippen LogP contribution is 2.30. The van der Waals surface area contributed by atoms with Crippen molar-refractivity contribution in [1.82, 2.24) is 20.2 Å². The maximum atomic E-state index is 6.03. The number of anilines is 1. The molecule has 112 valence electrons. The molecule has 2 N–H and O–H groups in total. The molecule has 0 saturated carbocycles. The quantitative estimate of drug-likeness (QED) is 0.859. The Morgan fingerprint density at radius 1 is 1.48 bits per heavy atom. The molecule has 0 aliphatic carbocycles. The van der Waals surface area contributed by atoms with Gasteiger partial charge in [0.1, 0.15) is 0 Å². The van der Waals surface area contributed by atoms with Gasteiger partial charge in [0.2, 0.25) is 0 Å². The number of ether oxygens (including phenoxy) is 1. The molecule has 3 rings (SSSR count). The molecule has 1 atom stereocenters. The average molecular weight is 352 g/mol. The Kier molecular flexibility index (Phi) is 4.21. The summed E-state index contributed by atoms with van der Waals surface area (Å²) < 4.78 is 8.31. The third-order valence-corrected chi connectivity index (χ3v) is 4.33. The SMILES string of the molecule is Cc1c(N)cc(Br)cc1-c1nnnn1CC1CCCOC1. The van der Waals surface area contributed by atoms with Crippen LogP contribution in [0.15, 0.2) is 16.6 Å². The van der Waals surface area contributed by atoms with Crippen LogP contribution in [0.4, 0.5) is 5.69 Å². The van der Waals surface area contributed by atoms with Gasteiger partial charge in [-0.1, -0.05) is 15.9 Å². The van der Waals surface area contributed by atoms with Crippen LogP contribution in [0.5, 0.6) is 0 Å². The van der Waals surface area contributed by atoms with Crippen molar-refractivity contribution >= 4 is 21.6 Å². The Balaban J connectivity index is 1.91. The summed E-state index contributed by atoms with van der Waals surface area (Å²) in [7, 11) is 0. The van der Waals surface area contributed by atoms with Crippen LogP contribution in [0.1, 0.15) is 18.4 Å². The number of nitrogens with two attached hydrogens (primary N) is 1. The van der Waals surface area contributed by atoms with Crippen LogP contribution in [0.3, 0.4) is 0 Å². The fourth-order valence-corrected chi connectivity index (χ4v) is 3.12. The molecule has 1 saturated heterocycles. The molecule has 0 amide bonds. The Hall–Kier alpha value is -1.47. The summed E-state index contributed by atoms with van der Waals surface area (Å²) in [6, 6.07) is 3.90. The van der Waals surface area contributed by atoms with E-state index in [4.69, 9.17) is 10.5 Å². The zero-order chi connectivity index (χ0) is 14.8. The van der Waals surface area contributed by atoms with Gasteiger partial charge in [-0.05, 0) is 47.9 Å². The Morgan fingerprint density at radius 2 is 2.33 bits per heavy atom. The lowest BCUT2D eigenvalue weighted by molar-refractivity contribution is 0.0470. The predicted molar refractivity (Wildman–Crippen MR) is 83.6 cm³/mol. The van der Waals surface area contributed by atoms with Gasteiger partial charge >= 0.3 is 0 Å². The maximum Gasteiger partial charge on any atom is 0.182 e. The molecule has 0 radical (unpaired) electrons. The van der Waals surface area contributed by atoms with Crippen molar-refractivity contribution in [3.05, 3.63) is 22.2 Å². The average Bonchev–Trinajstić information content (AvgIpc) is 2.92. The standard InChI is InChI=1S/C14H18BrN5O/c1-9-12(5-11(15)6-13(9)16)14-17-18-19-20(14)7-10-3-2-4-21-8-10/h5-6,10H,2-4,7-8,16H2,1H3. The summed E-state index contributed by atoms with van der Waals surface area (Å²) in [5, 5.41) is 12.1. The van der Waals surface area contributed by atoms with Gasteiger partial charge in [0.05, 0.1) is 13.2 Å². The zero-order valence-electron chi connectivity index (χ0n) is 11.9. The molecule has 2 heterocycles. The van der Waals surface area contributed by atoms with E-state index in [1.54, 1.807) is 0 Å². The van der Waals surface area contributed by atoms with Gasteiger partial charge in [0.15, 0.2) is 5.82 Å². The molecule has 7 heteroatoms. The number of tetrazole rings is 1. The van der Waals surface area contributed by atoms with Crippen molar-refractivity contribution < 1.29 is 4.74 Å². The lowest BCUT2D eigenvalue weighted by atomic mass is 10.0. The predicted octanol–water partition coefficient (Wildman–Crippen LogP) is 2.42. The molecule has 1 aromatic heterocycles. The van der Waals surface area contributed by atoms with E-state index in [1.165, 1.54) is 0 Å². The third kappa shape index (κ3) is 3.08. The first kappa shape index (κ1) is 14.5. The van der Waals surface area contributed by atoms with E-state index < -0.39 is 0 Å². The van der Waals surface area contributed by atoms with Gasteiger partial charge in [-0.3, -0.25) is 0 Å². The molecular formula is C14H18BrN5O. The van der Waals surface area contributed by atoms with Crippen LogP contribution >= 0.6 is 15.9 Å². The van der Waals surface area contributed by atoms with Crippen LogP contribution in [0.25, 0.3) is 11.4 Å². The number of hydrogen-bond donors (Lipinski definition) is 1. The minimum atomic E-state index is 0.464. The summed E-state index contributed by atoms with van der Waals surface area (Å²) >= 11 is 3.48. The van der Waals surface area contributed by atoms with Crippen molar-refractivity contribution in [1.29, 1.82) is 0 Å². The molecule has 1 aromatic carbocycles. The van der Waals surface area contributed by atoms with E-state index in [1.807, 2.05) is 23.7 Å². The molecule has 0 bridgehead atoms. The molecular weight excluding hydrogens is 334 g/mol. The topological polar surface area (TPSA) is 78.9 Å². The van der Waals surface area contributed by atoms with Crippen molar-refractivity contribution in [2.45, 2.75) is 26.3 Å². The Bertz CT molecular complexity index is 636. The van der Waals surface area contributed by atoms with Gasteiger partial charge in [-0.15, -0.1) is 5.10 Å². The lowest BCUT2D eigenvalue weighted by Crippen LogP contribution is -2.23. The second kappa shape index (κ2) is 6.11. The van der Waals surface area contributed by atoms with E-state index in [0.29, 0.717) is 5.92 Å². The van der Waals surface area contributed by atoms with Crippen LogP contribution in [-0.4, -0.2) is 33.4 Å². The second-order valence-corrected chi connectivity index (χ2v) is 6.35. The van der Waals surface area contributed by atoms with Gasteiger partial charge in [-0.2, -0.15) is 0 Å². The molecule has 1 aliphatic heterocycles. The number of aromatic nitrogens is 4. The smallest absolute Gasteiger partial charge is 0.182 e. The normalized spacial score (nSPS) is 18.9. The van der Waals surface area contributed by atoms with E-state index in [0.717, 1.165) is 59.7 Å². The fourth-order valence-electron chi connectivity index (χ4n) is 2.65. The molecule has 21 heavy (non-hydrogen) atoms. The monoisotopic (exact) mass is 351 g/mol. The lowest BCUT2D eigenvalue weighted by Gasteiger charge is -2.22. The van der Waals surface area contributed by atoms with Crippen LogP contribution in [0, 0.1) is 12.8 Å². The number of nitrogens with zero attached hydrogens (tertiary/aromatic N) is 4. The molecule has 2 aromatic rings. The number of halogens is 1. The van der Waals surface area contributed by atoms with Crippen LogP contribution in [0.2, 0.25) is 0 Å². The van der Waals surface area contributed by atoms with Gasteiger partial charge in [0.25, 0.3) is 0 Å². The summed E-state index contributed by atoms with van der Waals surface area (Å²) in [6.45, 7) is 4.40. The number of hydrogen-bond acceptors (Lipinski definition) is 5. The highest BCUT2D eigenvalue weighted by atomic mass is 79.9. The van der Waals surface area contributed by atoms with Crippen molar-refractivity contribution in [2.75, 3.05) is 18.9 Å². The molecule has 6 nitrogen and oxygen atoms in total. The maximum absolute atomic E-state index is 6.03. The molecule has 1 aliphatic rings. The summed E-state index contributed by atoms with van der Waals surface area (Å²) in [5.74, 6) is 1.22. The minimum absolute atomic E-state index is 0.464. The highest BCUT2D eigenvalue weighted by molar-refractivity contribution is 9.10. The first-order valence-electron chi connectivity index (χ1n) is 7.05.